The second-order valence-electron chi connectivity index (χ2n) is 7.09. The second-order valence-corrected chi connectivity index (χ2v) is 7.09. The molecule has 0 aliphatic rings. The van der Waals surface area contributed by atoms with Crippen molar-refractivity contribution in [2.24, 2.45) is 5.10 Å². The highest BCUT2D eigenvalue weighted by Gasteiger charge is 2.35. The third-order valence-electron chi connectivity index (χ3n) is 4.90. The number of amides is 2. The molecule has 3 aromatic rings. The van der Waals surface area contributed by atoms with Crippen LogP contribution in [0, 0.1) is 0 Å². The molecular weight excluding hydrogens is 470 g/mol. The predicted molar refractivity (Wildman–Crippen MR) is 130 cm³/mol. The van der Waals surface area contributed by atoms with Crippen LogP contribution in [0.5, 0.6) is 11.5 Å². The number of hydrogen-bond acceptors (Lipinski definition) is 10. The molecule has 0 radical (unpaired) electrons. The van der Waals surface area contributed by atoms with E-state index in [-0.39, 0.29) is 18.0 Å². The molecule has 12 nitrogen and oxygen atoms in total. The zero-order chi connectivity index (χ0) is 26.1. The summed E-state index contributed by atoms with van der Waals surface area (Å²) in [6, 6.07) is 11.8. The number of carbonyl (C=O) groups excluding carboxylic acids is 3. The van der Waals surface area contributed by atoms with E-state index in [1.54, 1.807) is 43.3 Å². The van der Waals surface area contributed by atoms with Crippen LogP contribution < -0.4 is 20.2 Å². The fraction of sp³-hybridized carbons (Fsp3) is 0.250. The normalized spacial score (nSPS) is 11.8. The molecule has 0 aliphatic heterocycles. The van der Waals surface area contributed by atoms with E-state index >= 15 is 0 Å². The van der Waals surface area contributed by atoms with Gasteiger partial charge in [-0.15, -0.1) is 0 Å². The maximum atomic E-state index is 13.5. The van der Waals surface area contributed by atoms with Gasteiger partial charge in [-0.25, -0.2) is 15.2 Å². The fourth-order valence-electron chi connectivity index (χ4n) is 3.20. The Morgan fingerprint density at radius 2 is 1.78 bits per heavy atom. The van der Waals surface area contributed by atoms with Crippen molar-refractivity contribution in [3.63, 3.8) is 0 Å². The number of benzene rings is 2. The van der Waals surface area contributed by atoms with Crippen LogP contribution in [-0.4, -0.2) is 61.6 Å². The summed E-state index contributed by atoms with van der Waals surface area (Å²) in [7, 11) is 4.02. The number of methoxy groups -OCH3 is 3. The molecule has 2 aromatic carbocycles. The van der Waals surface area contributed by atoms with Gasteiger partial charge in [-0.3, -0.25) is 14.6 Å². The minimum Gasteiger partial charge on any atom is -0.497 e. The smallest absolute Gasteiger partial charge is 0.427 e. The van der Waals surface area contributed by atoms with Crippen molar-refractivity contribution in [2.45, 2.75) is 12.8 Å². The molecule has 0 spiro atoms. The van der Waals surface area contributed by atoms with Crippen LogP contribution >= 0.6 is 0 Å². The van der Waals surface area contributed by atoms with Gasteiger partial charge in [0, 0.05) is 6.07 Å². The molecular formula is C24H25N5O7. The highest BCUT2D eigenvalue weighted by Crippen LogP contribution is 2.29. The van der Waals surface area contributed by atoms with Gasteiger partial charge in [-0.05, 0) is 31.2 Å². The second kappa shape index (κ2) is 12.1. The molecule has 188 valence electrons. The number of hydrazone groups is 1. The molecule has 1 unspecified atom stereocenters. The first kappa shape index (κ1) is 25.9. The molecule has 0 bridgehead atoms. The molecule has 0 fully saturated rings. The van der Waals surface area contributed by atoms with Crippen LogP contribution in [0.15, 0.2) is 53.8 Å². The van der Waals surface area contributed by atoms with Crippen molar-refractivity contribution in [2.75, 3.05) is 33.3 Å². The number of fused-ring (bicyclic) bond motifs is 1. The van der Waals surface area contributed by atoms with Gasteiger partial charge in [0.25, 0.3) is 5.91 Å². The van der Waals surface area contributed by atoms with Gasteiger partial charge in [0.05, 0.1) is 56.5 Å². The molecule has 12 heteroatoms. The number of aromatic nitrogens is 2. The summed E-state index contributed by atoms with van der Waals surface area (Å²) >= 11 is 0. The van der Waals surface area contributed by atoms with Gasteiger partial charge in [-0.2, -0.15) is 5.10 Å². The number of hydrogen-bond donors (Lipinski definition) is 2. The van der Waals surface area contributed by atoms with Crippen molar-refractivity contribution in [1.29, 1.82) is 0 Å². The van der Waals surface area contributed by atoms with Crippen molar-refractivity contribution < 1.29 is 33.3 Å². The third kappa shape index (κ3) is 6.03. The topological polar surface area (TPSA) is 150 Å². The van der Waals surface area contributed by atoms with Crippen molar-refractivity contribution in [3.05, 3.63) is 54.4 Å². The highest BCUT2D eigenvalue weighted by atomic mass is 16.5. The first-order valence-electron chi connectivity index (χ1n) is 10.7. The van der Waals surface area contributed by atoms with E-state index in [4.69, 9.17) is 14.2 Å². The number of nitrogens with one attached hydrogen (secondary N) is 2. The Balaban J connectivity index is 2.11. The maximum Gasteiger partial charge on any atom is 0.427 e. The van der Waals surface area contributed by atoms with Gasteiger partial charge in [0.1, 0.15) is 23.1 Å². The summed E-state index contributed by atoms with van der Waals surface area (Å²) in [5.41, 5.74) is 3.06. The van der Waals surface area contributed by atoms with Gasteiger partial charge in [0.15, 0.2) is 0 Å². The predicted octanol–water partition coefficient (Wildman–Crippen LogP) is 2.64. The SMILES string of the molecule is CCOC(=O)C(/C(=N\NC(=O)OC)C(=O)Nc1cc(OC)ccc1OC)c1cnc2ccccc2n1. The van der Waals surface area contributed by atoms with Crippen LogP contribution in [-0.2, 0) is 19.1 Å². The fourth-order valence-corrected chi connectivity index (χ4v) is 3.20. The van der Waals surface area contributed by atoms with Crippen molar-refractivity contribution >= 4 is 40.4 Å². The molecule has 1 atom stereocenters. The maximum absolute atomic E-state index is 13.5. The van der Waals surface area contributed by atoms with Crippen molar-refractivity contribution in [3.8, 4) is 11.5 Å². The Morgan fingerprint density at radius 1 is 1.03 bits per heavy atom. The van der Waals surface area contributed by atoms with E-state index in [0.29, 0.717) is 22.5 Å². The average Bonchev–Trinajstić information content (AvgIpc) is 2.90. The average molecular weight is 495 g/mol. The lowest BCUT2D eigenvalue weighted by atomic mass is 9.98. The zero-order valence-electron chi connectivity index (χ0n) is 20.1. The molecule has 36 heavy (non-hydrogen) atoms. The number of ether oxygens (including phenoxy) is 4. The van der Waals surface area contributed by atoms with Crippen LogP contribution in [0.4, 0.5) is 10.5 Å². The summed E-state index contributed by atoms with van der Waals surface area (Å²) in [6.07, 6.45) is 0.392. The van der Waals surface area contributed by atoms with Crippen LogP contribution in [0.25, 0.3) is 11.0 Å². The third-order valence-corrected chi connectivity index (χ3v) is 4.90. The molecule has 0 saturated heterocycles. The molecule has 1 aromatic heterocycles. The Bertz CT molecular complexity index is 1290. The lowest BCUT2D eigenvalue weighted by Gasteiger charge is -2.18. The van der Waals surface area contributed by atoms with Crippen LogP contribution in [0.1, 0.15) is 18.5 Å². The number of para-hydroxylation sites is 2. The van der Waals surface area contributed by atoms with Gasteiger partial charge in [0.2, 0.25) is 0 Å². The Hall–Kier alpha value is -4.74. The van der Waals surface area contributed by atoms with E-state index < -0.39 is 29.6 Å². The summed E-state index contributed by atoms with van der Waals surface area (Å²) in [5, 5.41) is 6.53. The lowest BCUT2D eigenvalue weighted by molar-refractivity contribution is -0.143. The summed E-state index contributed by atoms with van der Waals surface area (Å²) in [6.45, 7) is 1.64. The Morgan fingerprint density at radius 3 is 2.44 bits per heavy atom. The summed E-state index contributed by atoms with van der Waals surface area (Å²) in [4.78, 5) is 47.1. The first-order valence-corrected chi connectivity index (χ1v) is 10.7. The monoisotopic (exact) mass is 495 g/mol. The van der Waals surface area contributed by atoms with Gasteiger partial charge < -0.3 is 24.3 Å². The quantitative estimate of drug-likeness (QED) is 0.259. The van der Waals surface area contributed by atoms with E-state index in [2.05, 4.69) is 30.5 Å². The Kier molecular flexibility index (Phi) is 8.70. The minimum absolute atomic E-state index is 0.0272. The van der Waals surface area contributed by atoms with E-state index in [1.165, 1.54) is 26.5 Å². The highest BCUT2D eigenvalue weighted by molar-refractivity contribution is 6.48. The summed E-state index contributed by atoms with van der Waals surface area (Å²) in [5.74, 6) is -2.33. The molecule has 0 saturated carbocycles. The van der Waals surface area contributed by atoms with Crippen LogP contribution in [0.2, 0.25) is 0 Å². The largest absolute Gasteiger partial charge is 0.497 e. The van der Waals surface area contributed by atoms with Gasteiger partial charge in [-0.1, -0.05) is 12.1 Å². The standard InChI is InChI=1S/C24H25N5O7/c1-5-36-23(31)20(18-13-25-15-8-6-7-9-16(15)26-18)21(28-29-24(32)35-4)22(30)27-17-12-14(33-2)10-11-19(17)34-3/h6-13,20H,5H2,1-4H3,(H,27,30)(H,29,32)/b28-21+. The number of carbonyl (C=O) groups is 3. The number of rotatable bonds is 9. The molecule has 3 rings (SSSR count). The Labute approximate surface area is 206 Å². The summed E-state index contributed by atoms with van der Waals surface area (Å²) < 4.78 is 20.3. The zero-order valence-corrected chi connectivity index (χ0v) is 20.1. The van der Waals surface area contributed by atoms with Crippen molar-refractivity contribution in [1.82, 2.24) is 15.4 Å². The minimum atomic E-state index is -1.43. The van der Waals surface area contributed by atoms with Gasteiger partial charge >= 0.3 is 12.1 Å². The molecule has 1 heterocycles. The number of anilines is 1. The molecule has 2 N–H and O–H groups in total. The van der Waals surface area contributed by atoms with Crippen LogP contribution in [0.3, 0.4) is 0 Å². The molecule has 0 aliphatic carbocycles. The molecule has 2 amide bonds. The number of esters is 1. The number of nitrogens with zero attached hydrogens (tertiary/aromatic N) is 3. The lowest BCUT2D eigenvalue weighted by Crippen LogP contribution is -2.37. The van der Waals surface area contributed by atoms with E-state index in [1.807, 2.05) is 0 Å². The van der Waals surface area contributed by atoms with E-state index in [0.717, 1.165) is 7.11 Å². The van der Waals surface area contributed by atoms with E-state index in [9.17, 15) is 14.4 Å². The first-order chi connectivity index (χ1) is 17.4.